The molecule has 0 saturated heterocycles. The molecule has 0 atom stereocenters. The third kappa shape index (κ3) is 5.73. The van der Waals surface area contributed by atoms with Crippen molar-refractivity contribution in [1.29, 1.82) is 0 Å². The van der Waals surface area contributed by atoms with Crippen molar-refractivity contribution in [2.24, 2.45) is 5.73 Å². The molecule has 4 nitrogen and oxygen atoms in total. The van der Waals surface area contributed by atoms with Gasteiger partial charge < -0.3 is 19.6 Å². The van der Waals surface area contributed by atoms with Crippen molar-refractivity contribution in [2.45, 2.75) is 25.8 Å². The summed E-state index contributed by atoms with van der Waals surface area (Å²) in [7, 11) is -2.46. The highest BCUT2D eigenvalue weighted by Crippen LogP contribution is 2.36. The molecule has 0 aliphatic carbocycles. The molecule has 0 aliphatic heterocycles. The average Bonchev–Trinajstić information content (AvgIpc) is 2.67. The van der Waals surface area contributed by atoms with E-state index in [1.54, 1.807) is 0 Å². The molecular formula is C22H33NO3Si. The second kappa shape index (κ2) is 10.7. The van der Waals surface area contributed by atoms with Gasteiger partial charge in [0.1, 0.15) is 0 Å². The van der Waals surface area contributed by atoms with E-state index in [0.29, 0.717) is 39.6 Å². The molecule has 5 heteroatoms. The molecule has 0 bridgehead atoms. The summed E-state index contributed by atoms with van der Waals surface area (Å²) in [4.78, 5) is 0. The molecule has 0 radical (unpaired) electrons. The van der Waals surface area contributed by atoms with Gasteiger partial charge >= 0.3 is 0 Å². The van der Waals surface area contributed by atoms with Gasteiger partial charge in [0.25, 0.3) is 8.32 Å². The zero-order chi connectivity index (χ0) is 19.6. The van der Waals surface area contributed by atoms with E-state index in [9.17, 15) is 0 Å². The Balaban J connectivity index is 2.15. The third-order valence-electron chi connectivity index (χ3n) is 4.60. The van der Waals surface area contributed by atoms with Gasteiger partial charge in [0.15, 0.2) is 0 Å². The van der Waals surface area contributed by atoms with Gasteiger partial charge in [-0.1, -0.05) is 81.4 Å². The molecule has 148 valence electrons. The fourth-order valence-corrected chi connectivity index (χ4v) is 7.97. The lowest BCUT2D eigenvalue weighted by Crippen LogP contribution is -2.66. The zero-order valence-corrected chi connectivity index (χ0v) is 17.8. The molecule has 0 saturated carbocycles. The van der Waals surface area contributed by atoms with Gasteiger partial charge in [-0.15, -0.1) is 0 Å². The van der Waals surface area contributed by atoms with Crippen molar-refractivity contribution in [1.82, 2.24) is 0 Å². The van der Waals surface area contributed by atoms with E-state index in [0.717, 1.165) is 0 Å². The molecule has 2 aromatic rings. The van der Waals surface area contributed by atoms with Gasteiger partial charge in [0, 0.05) is 6.54 Å². The summed E-state index contributed by atoms with van der Waals surface area (Å²) in [5.41, 5.74) is 5.41. The van der Waals surface area contributed by atoms with Crippen molar-refractivity contribution >= 4 is 18.7 Å². The van der Waals surface area contributed by atoms with Crippen molar-refractivity contribution < 1.29 is 13.9 Å². The van der Waals surface area contributed by atoms with Crippen molar-refractivity contribution in [3.63, 3.8) is 0 Å². The lowest BCUT2D eigenvalue weighted by molar-refractivity contribution is 0.0375. The molecule has 0 amide bonds. The second-order valence-electron chi connectivity index (χ2n) is 7.53. The van der Waals surface area contributed by atoms with Gasteiger partial charge in [-0.05, 0) is 15.4 Å². The summed E-state index contributed by atoms with van der Waals surface area (Å²) in [6.07, 6.45) is 0. The number of benzene rings is 2. The van der Waals surface area contributed by atoms with Crippen LogP contribution in [0.5, 0.6) is 0 Å². The van der Waals surface area contributed by atoms with E-state index < -0.39 is 8.32 Å². The van der Waals surface area contributed by atoms with Gasteiger partial charge in [-0.25, -0.2) is 0 Å². The Morgan fingerprint density at radius 3 is 1.59 bits per heavy atom. The number of hydrogen-bond donors (Lipinski definition) is 1. The largest absolute Gasteiger partial charge is 0.405 e. The molecule has 0 heterocycles. The minimum atomic E-state index is -2.46. The Kier molecular flexibility index (Phi) is 8.66. The molecule has 27 heavy (non-hydrogen) atoms. The average molecular weight is 388 g/mol. The molecule has 2 aromatic carbocycles. The highest BCUT2D eigenvalue weighted by atomic mass is 28.4. The number of ether oxygens (including phenoxy) is 2. The summed E-state index contributed by atoms with van der Waals surface area (Å²) in [6, 6.07) is 21.3. The van der Waals surface area contributed by atoms with E-state index in [2.05, 4.69) is 81.4 Å². The fraction of sp³-hybridized carbons (Fsp3) is 0.455. The Labute approximate surface area is 164 Å². The van der Waals surface area contributed by atoms with Crippen LogP contribution in [-0.4, -0.2) is 47.9 Å². The summed E-state index contributed by atoms with van der Waals surface area (Å²) in [5, 5.41) is 2.56. The van der Waals surface area contributed by atoms with Crippen LogP contribution in [0.25, 0.3) is 0 Å². The molecule has 0 aliphatic rings. The van der Waals surface area contributed by atoms with Crippen LogP contribution in [-0.2, 0) is 13.9 Å². The van der Waals surface area contributed by atoms with Crippen LogP contribution in [0, 0.1) is 0 Å². The lowest BCUT2D eigenvalue weighted by atomic mass is 10.2. The minimum Gasteiger partial charge on any atom is -0.405 e. The fourth-order valence-electron chi connectivity index (χ4n) is 3.42. The van der Waals surface area contributed by atoms with Crippen molar-refractivity contribution in [3.05, 3.63) is 60.7 Å². The summed E-state index contributed by atoms with van der Waals surface area (Å²) in [6.45, 7) is 10.2. The van der Waals surface area contributed by atoms with E-state index >= 15 is 0 Å². The predicted octanol–water partition coefficient (Wildman–Crippen LogP) is 2.55. The second-order valence-corrected chi connectivity index (χ2v) is 11.8. The van der Waals surface area contributed by atoms with E-state index in [1.807, 2.05) is 0 Å². The van der Waals surface area contributed by atoms with E-state index in [-0.39, 0.29) is 5.04 Å². The van der Waals surface area contributed by atoms with Crippen LogP contribution in [0.1, 0.15) is 20.8 Å². The van der Waals surface area contributed by atoms with E-state index in [1.165, 1.54) is 10.4 Å². The molecule has 0 aromatic heterocycles. The third-order valence-corrected chi connectivity index (χ3v) is 9.64. The Hall–Kier alpha value is -1.50. The minimum absolute atomic E-state index is 0.0139. The molecule has 0 unspecified atom stereocenters. The first kappa shape index (κ1) is 21.8. The molecular weight excluding hydrogens is 354 g/mol. The topological polar surface area (TPSA) is 53.7 Å². The Morgan fingerprint density at radius 1 is 0.704 bits per heavy atom. The van der Waals surface area contributed by atoms with Crippen LogP contribution in [0.15, 0.2) is 60.7 Å². The molecule has 0 fully saturated rings. The quantitative estimate of drug-likeness (QED) is 0.476. The first-order chi connectivity index (χ1) is 13.0. The maximum Gasteiger partial charge on any atom is 0.261 e. The number of nitrogens with two attached hydrogens (primary N) is 1. The predicted molar refractivity (Wildman–Crippen MR) is 114 cm³/mol. The first-order valence-electron chi connectivity index (χ1n) is 9.63. The summed E-state index contributed by atoms with van der Waals surface area (Å²) >= 11 is 0. The van der Waals surface area contributed by atoms with Gasteiger partial charge in [0.2, 0.25) is 0 Å². The SMILES string of the molecule is CC(C)(C)[Si](OCCOCCOCCN)(c1ccccc1)c1ccccc1. The molecule has 0 spiro atoms. The highest BCUT2D eigenvalue weighted by Gasteiger charge is 2.49. The number of hydrogen-bond acceptors (Lipinski definition) is 4. The molecule has 2 N–H and O–H groups in total. The van der Waals surface area contributed by atoms with E-state index in [4.69, 9.17) is 19.6 Å². The monoisotopic (exact) mass is 387 g/mol. The van der Waals surface area contributed by atoms with Crippen LogP contribution in [0.3, 0.4) is 0 Å². The Morgan fingerprint density at radius 2 is 1.15 bits per heavy atom. The smallest absolute Gasteiger partial charge is 0.261 e. The van der Waals surface area contributed by atoms with Crippen molar-refractivity contribution in [3.8, 4) is 0 Å². The maximum atomic E-state index is 6.75. The normalized spacial score (nSPS) is 12.3. The van der Waals surface area contributed by atoms with Crippen LogP contribution in [0.2, 0.25) is 5.04 Å². The Bertz CT molecular complexity index is 604. The standard InChI is InChI=1S/C22H33NO3Si/c1-22(2,3)27(20-10-6-4-7-11-20,21-12-8-5-9-13-21)26-19-18-25-17-16-24-15-14-23/h4-13H,14-19,23H2,1-3H3. The van der Waals surface area contributed by atoms with Gasteiger partial charge in [-0.2, -0.15) is 0 Å². The summed E-state index contributed by atoms with van der Waals surface area (Å²) < 4.78 is 17.8. The van der Waals surface area contributed by atoms with Crippen molar-refractivity contribution in [2.75, 3.05) is 39.6 Å². The molecule has 2 rings (SSSR count). The van der Waals surface area contributed by atoms with Gasteiger partial charge in [-0.3, -0.25) is 0 Å². The van der Waals surface area contributed by atoms with Crippen LogP contribution >= 0.6 is 0 Å². The maximum absolute atomic E-state index is 6.75. The lowest BCUT2D eigenvalue weighted by Gasteiger charge is -2.43. The summed E-state index contributed by atoms with van der Waals surface area (Å²) in [5.74, 6) is 0. The number of rotatable bonds is 11. The van der Waals surface area contributed by atoms with Crippen LogP contribution in [0.4, 0.5) is 0 Å². The van der Waals surface area contributed by atoms with Gasteiger partial charge in [0.05, 0.1) is 33.0 Å². The zero-order valence-electron chi connectivity index (χ0n) is 16.8. The highest BCUT2D eigenvalue weighted by molar-refractivity contribution is 6.99. The first-order valence-corrected chi connectivity index (χ1v) is 11.5. The van der Waals surface area contributed by atoms with Crippen LogP contribution < -0.4 is 16.1 Å².